The van der Waals surface area contributed by atoms with Crippen molar-refractivity contribution in [2.45, 2.75) is 38.9 Å². The first-order valence-electron chi connectivity index (χ1n) is 7.72. The third-order valence-electron chi connectivity index (χ3n) is 2.96. The number of thiazole rings is 1. The molecule has 2 aromatic rings. The highest BCUT2D eigenvalue weighted by Gasteiger charge is 2.20. The van der Waals surface area contributed by atoms with Gasteiger partial charge in [-0.2, -0.15) is 0 Å². The smallest absolute Gasteiger partial charge is 0.407 e. The fourth-order valence-corrected chi connectivity index (χ4v) is 2.99. The van der Waals surface area contributed by atoms with Crippen molar-refractivity contribution in [3.05, 3.63) is 44.8 Å². The van der Waals surface area contributed by atoms with Gasteiger partial charge in [0.25, 0.3) is 0 Å². The second kappa shape index (κ2) is 8.74. The third-order valence-corrected chi connectivity index (χ3v) is 4.38. The molecule has 0 unspecified atom stereocenters. The number of hydrogen-bond acceptors (Lipinski definition) is 5. The van der Waals surface area contributed by atoms with E-state index < -0.39 is 11.7 Å². The van der Waals surface area contributed by atoms with E-state index in [0.717, 1.165) is 5.01 Å². The van der Waals surface area contributed by atoms with Crippen LogP contribution in [0.2, 0.25) is 10.0 Å². The van der Waals surface area contributed by atoms with E-state index in [2.05, 4.69) is 10.3 Å². The first kappa shape index (κ1) is 19.8. The number of halogens is 2. The van der Waals surface area contributed by atoms with E-state index in [1.807, 2.05) is 26.2 Å². The van der Waals surface area contributed by atoms with Crippen LogP contribution in [0.15, 0.2) is 29.8 Å². The van der Waals surface area contributed by atoms with Crippen LogP contribution >= 0.6 is 34.5 Å². The molecule has 1 atom stereocenters. The van der Waals surface area contributed by atoms with Gasteiger partial charge in [0, 0.05) is 35.6 Å². The average Bonchev–Trinajstić information content (AvgIpc) is 3.02. The topological polar surface area (TPSA) is 60.5 Å². The van der Waals surface area contributed by atoms with Crippen molar-refractivity contribution >= 4 is 40.6 Å². The van der Waals surface area contributed by atoms with E-state index in [0.29, 0.717) is 28.8 Å². The molecule has 1 aromatic heterocycles. The van der Waals surface area contributed by atoms with E-state index >= 15 is 0 Å². The molecule has 0 aliphatic heterocycles. The highest BCUT2D eigenvalue weighted by molar-refractivity contribution is 7.09. The number of carbonyl (C=O) groups is 1. The van der Waals surface area contributed by atoms with Gasteiger partial charge >= 0.3 is 6.09 Å². The number of carbonyl (C=O) groups excluding carboxylic acids is 1. The lowest BCUT2D eigenvalue weighted by atomic mass is 10.2. The largest absolute Gasteiger partial charge is 0.482 e. The van der Waals surface area contributed by atoms with E-state index in [1.165, 1.54) is 11.3 Å². The summed E-state index contributed by atoms with van der Waals surface area (Å²) in [6, 6.07) is 5.03. The van der Waals surface area contributed by atoms with Gasteiger partial charge in [0.15, 0.2) is 6.10 Å². The van der Waals surface area contributed by atoms with Crippen LogP contribution in [-0.2, 0) is 4.74 Å². The average molecular weight is 403 g/mol. The van der Waals surface area contributed by atoms with Crippen molar-refractivity contribution in [1.29, 1.82) is 0 Å². The van der Waals surface area contributed by atoms with Crippen molar-refractivity contribution in [2.75, 3.05) is 6.54 Å². The van der Waals surface area contributed by atoms with Gasteiger partial charge < -0.3 is 14.8 Å². The molecule has 1 heterocycles. The Hall–Kier alpha value is -1.50. The minimum absolute atomic E-state index is 0.356. The Balaban J connectivity index is 2.00. The summed E-state index contributed by atoms with van der Waals surface area (Å²) in [6.07, 6.45) is 1.39. The molecule has 0 spiro atoms. The number of ether oxygens (including phenoxy) is 2. The van der Waals surface area contributed by atoms with Crippen LogP contribution in [0.1, 0.15) is 38.3 Å². The Labute approximate surface area is 161 Å². The minimum Gasteiger partial charge on any atom is -0.482 e. The Kier molecular flexibility index (Phi) is 6.93. The lowest BCUT2D eigenvalue weighted by molar-refractivity contribution is 0.0520. The summed E-state index contributed by atoms with van der Waals surface area (Å²) in [5.74, 6) is 0.478. The molecule has 25 heavy (non-hydrogen) atoms. The fourth-order valence-electron chi connectivity index (χ4n) is 1.97. The van der Waals surface area contributed by atoms with Crippen molar-refractivity contribution in [3.8, 4) is 5.75 Å². The minimum atomic E-state index is -0.538. The molecule has 0 aliphatic rings. The van der Waals surface area contributed by atoms with Crippen LogP contribution in [-0.4, -0.2) is 23.2 Å². The summed E-state index contributed by atoms with van der Waals surface area (Å²) in [7, 11) is 0. The Morgan fingerprint density at radius 1 is 1.36 bits per heavy atom. The van der Waals surface area contributed by atoms with E-state index in [9.17, 15) is 4.79 Å². The monoisotopic (exact) mass is 402 g/mol. The highest BCUT2D eigenvalue weighted by Crippen LogP contribution is 2.33. The maximum atomic E-state index is 11.8. The van der Waals surface area contributed by atoms with Gasteiger partial charge in [-0.05, 0) is 32.9 Å². The molecular weight excluding hydrogens is 383 g/mol. The van der Waals surface area contributed by atoms with Crippen LogP contribution in [0, 0.1) is 0 Å². The van der Waals surface area contributed by atoms with Crippen LogP contribution in [0.5, 0.6) is 5.75 Å². The molecule has 0 bridgehead atoms. The van der Waals surface area contributed by atoms with Gasteiger partial charge in [0.1, 0.15) is 16.4 Å². The molecule has 8 heteroatoms. The molecule has 0 radical (unpaired) electrons. The summed E-state index contributed by atoms with van der Waals surface area (Å²) in [5, 5.41) is 6.38. The highest BCUT2D eigenvalue weighted by atomic mass is 35.5. The number of hydrogen-bond donors (Lipinski definition) is 1. The number of amides is 1. The first-order valence-corrected chi connectivity index (χ1v) is 9.36. The Morgan fingerprint density at radius 2 is 2.12 bits per heavy atom. The van der Waals surface area contributed by atoms with Crippen LogP contribution in [0.25, 0.3) is 0 Å². The molecule has 136 valence electrons. The molecule has 1 N–H and O–H groups in total. The zero-order valence-corrected chi connectivity index (χ0v) is 16.5. The van der Waals surface area contributed by atoms with Gasteiger partial charge in [-0.25, -0.2) is 9.78 Å². The quantitative estimate of drug-likeness (QED) is 0.693. The lowest BCUT2D eigenvalue weighted by Crippen LogP contribution is -2.33. The Morgan fingerprint density at radius 3 is 2.76 bits per heavy atom. The molecule has 0 aliphatic carbocycles. The molecule has 0 saturated carbocycles. The van der Waals surface area contributed by atoms with E-state index in [4.69, 9.17) is 32.7 Å². The maximum absolute atomic E-state index is 11.8. The molecule has 1 aromatic carbocycles. The number of nitrogens with zero attached hydrogens (tertiary/aromatic N) is 1. The van der Waals surface area contributed by atoms with Crippen molar-refractivity contribution in [2.24, 2.45) is 0 Å². The molecule has 1 amide bonds. The molecular formula is C17H20Cl2N2O3S. The second-order valence-electron chi connectivity index (χ2n) is 6.27. The van der Waals surface area contributed by atoms with E-state index in [-0.39, 0.29) is 6.10 Å². The van der Waals surface area contributed by atoms with Crippen molar-refractivity contribution in [3.63, 3.8) is 0 Å². The summed E-state index contributed by atoms with van der Waals surface area (Å²) in [5.41, 5.74) is -0.538. The number of rotatable bonds is 6. The van der Waals surface area contributed by atoms with E-state index in [1.54, 1.807) is 24.4 Å². The zero-order chi connectivity index (χ0) is 18.4. The number of alkyl carbamates (subject to hydrolysis) is 1. The zero-order valence-electron chi connectivity index (χ0n) is 14.2. The predicted molar refractivity (Wildman–Crippen MR) is 101 cm³/mol. The normalized spacial score (nSPS) is 12.5. The lowest BCUT2D eigenvalue weighted by Gasteiger charge is -2.21. The maximum Gasteiger partial charge on any atom is 0.407 e. The molecule has 2 rings (SSSR count). The number of nitrogens with one attached hydrogen (secondary N) is 1. The van der Waals surface area contributed by atoms with Gasteiger partial charge in [-0.15, -0.1) is 11.3 Å². The second-order valence-corrected chi connectivity index (χ2v) is 8.04. The Bertz CT molecular complexity index is 702. The standard InChI is InChI=1S/C17H20Cl2N2O3S/c1-17(2,3)24-16(22)21-7-6-13(15-20-8-9-25-15)23-14-10-11(18)4-5-12(14)19/h4-5,8-10,13H,6-7H2,1-3H3,(H,21,22)/t13-/m1/s1. The van der Waals surface area contributed by atoms with Gasteiger partial charge in [-0.1, -0.05) is 23.2 Å². The molecule has 0 saturated heterocycles. The third kappa shape index (κ3) is 6.72. The summed E-state index contributed by atoms with van der Waals surface area (Å²) in [4.78, 5) is 16.1. The predicted octanol–water partition coefficient (Wildman–Crippen LogP) is 5.48. The van der Waals surface area contributed by atoms with Crippen LogP contribution < -0.4 is 10.1 Å². The summed E-state index contributed by atoms with van der Waals surface area (Å²) < 4.78 is 11.2. The van der Waals surface area contributed by atoms with Crippen LogP contribution in [0.3, 0.4) is 0 Å². The van der Waals surface area contributed by atoms with Crippen molar-refractivity contribution in [1.82, 2.24) is 10.3 Å². The summed E-state index contributed by atoms with van der Waals surface area (Å²) in [6.45, 7) is 5.82. The summed E-state index contributed by atoms with van der Waals surface area (Å²) >= 11 is 13.6. The van der Waals surface area contributed by atoms with Gasteiger partial charge in [-0.3, -0.25) is 0 Å². The number of benzene rings is 1. The SMILES string of the molecule is CC(C)(C)OC(=O)NCC[C@@H](Oc1cc(Cl)ccc1Cl)c1nccs1. The molecule has 0 fully saturated rings. The fraction of sp³-hybridized carbons (Fsp3) is 0.412. The van der Waals surface area contributed by atoms with Gasteiger partial charge in [0.05, 0.1) is 5.02 Å². The molecule has 5 nitrogen and oxygen atoms in total. The van der Waals surface area contributed by atoms with Crippen molar-refractivity contribution < 1.29 is 14.3 Å². The number of aromatic nitrogens is 1. The van der Waals surface area contributed by atoms with Gasteiger partial charge in [0.2, 0.25) is 0 Å². The first-order chi connectivity index (χ1) is 11.7. The van der Waals surface area contributed by atoms with Crippen LogP contribution in [0.4, 0.5) is 4.79 Å².